The Bertz CT molecular complexity index is 483. The molecule has 1 aromatic rings. The molecule has 0 heterocycles. The number of hydrogen-bond acceptors (Lipinski definition) is 4. The van der Waals surface area contributed by atoms with Crippen LogP contribution in [0.2, 0.25) is 5.02 Å². The fourth-order valence-electron chi connectivity index (χ4n) is 1.32. The van der Waals surface area contributed by atoms with Gasteiger partial charge in [-0.2, -0.15) is 0 Å². The van der Waals surface area contributed by atoms with Gasteiger partial charge in [0.25, 0.3) is 0 Å². The predicted octanol–water partition coefficient (Wildman–Crippen LogP) is 1.03. The molecule has 0 amide bonds. The summed E-state index contributed by atoms with van der Waals surface area (Å²) in [5, 5.41) is 13.0. The number of halogens is 1. The van der Waals surface area contributed by atoms with Gasteiger partial charge < -0.3 is 10.4 Å². The summed E-state index contributed by atoms with van der Waals surface area (Å²) in [6.45, 7) is 0.625. The summed E-state index contributed by atoms with van der Waals surface area (Å²) >= 11 is 5.92. The highest BCUT2D eigenvalue weighted by molar-refractivity contribution is 7.89. The molecule has 0 spiro atoms. The third-order valence-corrected chi connectivity index (χ3v) is 4.68. The van der Waals surface area contributed by atoms with E-state index in [9.17, 15) is 13.5 Å². The Morgan fingerprint density at radius 3 is 2.61 bits per heavy atom. The van der Waals surface area contributed by atoms with Crippen molar-refractivity contribution in [2.45, 2.75) is 6.54 Å². The zero-order chi connectivity index (χ0) is 13.8. The van der Waals surface area contributed by atoms with Gasteiger partial charge in [0.15, 0.2) is 0 Å². The van der Waals surface area contributed by atoms with Crippen molar-refractivity contribution in [3.05, 3.63) is 28.8 Å². The number of aromatic hydroxyl groups is 1. The fourth-order valence-corrected chi connectivity index (χ4v) is 2.32. The first-order chi connectivity index (χ1) is 8.34. The van der Waals surface area contributed by atoms with Gasteiger partial charge in [-0.15, -0.1) is 0 Å². The van der Waals surface area contributed by atoms with Gasteiger partial charge in [-0.05, 0) is 12.1 Å². The molecule has 5 nitrogen and oxygen atoms in total. The Labute approximate surface area is 112 Å². The van der Waals surface area contributed by atoms with E-state index in [1.165, 1.54) is 18.4 Å². The lowest BCUT2D eigenvalue weighted by Crippen LogP contribution is -2.31. The van der Waals surface area contributed by atoms with Crippen LogP contribution >= 0.6 is 11.6 Å². The molecule has 0 radical (unpaired) electrons. The van der Waals surface area contributed by atoms with Crippen molar-refractivity contribution in [3.8, 4) is 5.75 Å². The first kappa shape index (κ1) is 15.2. The summed E-state index contributed by atoms with van der Waals surface area (Å²) in [6.07, 6.45) is 0. The molecule has 0 aliphatic carbocycles. The molecule has 7 heteroatoms. The van der Waals surface area contributed by atoms with E-state index in [1.807, 2.05) is 0 Å². The minimum atomic E-state index is -3.20. The minimum Gasteiger partial charge on any atom is -0.508 e. The normalized spacial score (nSPS) is 12.0. The molecule has 0 aliphatic rings. The first-order valence-electron chi connectivity index (χ1n) is 5.42. The number of phenolic OH excluding ortho intramolecular Hbond substituents is 1. The molecular weight excluding hydrogens is 276 g/mol. The Morgan fingerprint density at radius 2 is 2.06 bits per heavy atom. The summed E-state index contributed by atoms with van der Waals surface area (Å²) < 4.78 is 24.2. The highest BCUT2D eigenvalue weighted by Gasteiger charge is 2.13. The minimum absolute atomic E-state index is 0.00517. The van der Waals surface area contributed by atoms with E-state index >= 15 is 0 Å². The molecule has 18 heavy (non-hydrogen) atoms. The molecule has 0 saturated heterocycles. The number of hydrogen-bond donors (Lipinski definition) is 2. The van der Waals surface area contributed by atoms with E-state index in [0.29, 0.717) is 23.7 Å². The van der Waals surface area contributed by atoms with Gasteiger partial charge in [-0.1, -0.05) is 17.7 Å². The van der Waals surface area contributed by atoms with Crippen LogP contribution in [0.1, 0.15) is 5.56 Å². The molecule has 0 aromatic heterocycles. The van der Waals surface area contributed by atoms with E-state index in [1.54, 1.807) is 18.2 Å². The average molecular weight is 293 g/mol. The van der Waals surface area contributed by atoms with Gasteiger partial charge in [0.2, 0.25) is 10.0 Å². The van der Waals surface area contributed by atoms with Crippen LogP contribution in [0, 0.1) is 0 Å². The number of sulfonamides is 1. The van der Waals surface area contributed by atoms with Gasteiger partial charge in [0.1, 0.15) is 5.75 Å². The lowest BCUT2D eigenvalue weighted by atomic mass is 10.2. The zero-order valence-electron chi connectivity index (χ0n) is 10.4. The smallest absolute Gasteiger partial charge is 0.214 e. The largest absolute Gasteiger partial charge is 0.508 e. The van der Waals surface area contributed by atoms with Gasteiger partial charge in [-0.25, -0.2) is 12.7 Å². The Morgan fingerprint density at radius 1 is 1.39 bits per heavy atom. The van der Waals surface area contributed by atoms with E-state index in [4.69, 9.17) is 11.6 Å². The van der Waals surface area contributed by atoms with Gasteiger partial charge in [0, 0.05) is 37.8 Å². The van der Waals surface area contributed by atoms with Crippen molar-refractivity contribution in [2.75, 3.05) is 26.4 Å². The van der Waals surface area contributed by atoms with Crippen LogP contribution in [-0.4, -0.2) is 44.2 Å². The zero-order valence-corrected chi connectivity index (χ0v) is 11.9. The van der Waals surface area contributed by atoms with Crippen LogP contribution in [0.3, 0.4) is 0 Å². The third-order valence-electron chi connectivity index (χ3n) is 2.49. The van der Waals surface area contributed by atoms with Gasteiger partial charge >= 0.3 is 0 Å². The molecule has 0 atom stereocenters. The Balaban J connectivity index is 2.49. The Hall–Kier alpha value is -0.820. The standard InChI is InChI=1S/C11H17ClN2O3S/c1-14(2)18(16,17)7-6-13-8-9-10(12)4-3-5-11(9)15/h3-5,13,15H,6-8H2,1-2H3. The van der Waals surface area contributed by atoms with Crippen LogP contribution in [0.5, 0.6) is 5.75 Å². The molecule has 0 fully saturated rings. The molecule has 1 aromatic carbocycles. The van der Waals surface area contributed by atoms with E-state index in [0.717, 1.165) is 0 Å². The van der Waals surface area contributed by atoms with Crippen LogP contribution < -0.4 is 5.32 Å². The quantitative estimate of drug-likeness (QED) is 0.768. The van der Waals surface area contributed by atoms with Crippen molar-refractivity contribution >= 4 is 21.6 Å². The Kier molecular flexibility index (Phi) is 5.40. The monoisotopic (exact) mass is 292 g/mol. The molecule has 0 aliphatic heterocycles. The summed E-state index contributed by atoms with van der Waals surface area (Å²) in [5.41, 5.74) is 0.571. The average Bonchev–Trinajstić information content (AvgIpc) is 2.27. The molecule has 0 saturated carbocycles. The summed E-state index contributed by atoms with van der Waals surface area (Å²) in [4.78, 5) is 0. The summed E-state index contributed by atoms with van der Waals surface area (Å²) in [6, 6.07) is 4.87. The highest BCUT2D eigenvalue weighted by atomic mass is 35.5. The maximum absolute atomic E-state index is 11.5. The topological polar surface area (TPSA) is 69.6 Å². The van der Waals surface area contributed by atoms with Crippen molar-refractivity contribution in [2.24, 2.45) is 0 Å². The summed E-state index contributed by atoms with van der Waals surface area (Å²) in [7, 11) is -0.207. The van der Waals surface area contributed by atoms with E-state index in [2.05, 4.69) is 5.32 Å². The third kappa shape index (κ3) is 4.13. The number of rotatable bonds is 6. The van der Waals surface area contributed by atoms with E-state index < -0.39 is 10.0 Å². The van der Waals surface area contributed by atoms with Crippen molar-refractivity contribution < 1.29 is 13.5 Å². The second-order valence-corrected chi connectivity index (χ2v) is 6.72. The molecule has 0 bridgehead atoms. The maximum atomic E-state index is 11.5. The van der Waals surface area contributed by atoms with Crippen molar-refractivity contribution in [1.82, 2.24) is 9.62 Å². The van der Waals surface area contributed by atoms with Crippen LogP contribution in [0.4, 0.5) is 0 Å². The molecular formula is C11H17ClN2O3S. The highest BCUT2D eigenvalue weighted by Crippen LogP contribution is 2.24. The first-order valence-corrected chi connectivity index (χ1v) is 7.40. The predicted molar refractivity (Wildman–Crippen MR) is 72.3 cm³/mol. The summed E-state index contributed by atoms with van der Waals surface area (Å²) in [5.74, 6) is 0.107. The second-order valence-electron chi connectivity index (χ2n) is 4.01. The number of benzene rings is 1. The van der Waals surface area contributed by atoms with Crippen LogP contribution in [0.25, 0.3) is 0 Å². The van der Waals surface area contributed by atoms with Crippen molar-refractivity contribution in [1.29, 1.82) is 0 Å². The maximum Gasteiger partial charge on any atom is 0.214 e. The van der Waals surface area contributed by atoms with Gasteiger partial charge in [-0.3, -0.25) is 0 Å². The SMILES string of the molecule is CN(C)S(=O)(=O)CCNCc1c(O)cccc1Cl. The number of phenols is 1. The molecule has 1 rings (SSSR count). The number of nitrogens with zero attached hydrogens (tertiary/aromatic N) is 1. The van der Waals surface area contributed by atoms with Crippen LogP contribution in [0.15, 0.2) is 18.2 Å². The number of nitrogens with one attached hydrogen (secondary N) is 1. The lowest BCUT2D eigenvalue weighted by molar-refractivity contribution is 0.465. The fraction of sp³-hybridized carbons (Fsp3) is 0.455. The molecule has 102 valence electrons. The van der Waals surface area contributed by atoms with Gasteiger partial charge in [0.05, 0.1) is 5.75 Å². The second kappa shape index (κ2) is 6.38. The molecule has 2 N–H and O–H groups in total. The van der Waals surface area contributed by atoms with E-state index in [-0.39, 0.29) is 11.5 Å². The molecule has 0 unspecified atom stereocenters. The lowest BCUT2D eigenvalue weighted by Gasteiger charge is -2.12. The van der Waals surface area contributed by atoms with Crippen molar-refractivity contribution in [3.63, 3.8) is 0 Å². The van der Waals surface area contributed by atoms with Crippen LogP contribution in [-0.2, 0) is 16.6 Å².